The van der Waals surface area contributed by atoms with Crippen molar-refractivity contribution in [1.82, 2.24) is 9.88 Å². The Hall–Kier alpha value is -2.12. The SMILES string of the molecule is Cc1nc(CN(C)C(=O)Nc2ccc(N3CCOCC3)cc2C)cs1. The second-order valence-corrected chi connectivity index (χ2v) is 7.30. The zero-order valence-corrected chi connectivity index (χ0v) is 15.7. The second kappa shape index (κ2) is 7.84. The van der Waals surface area contributed by atoms with E-state index in [1.165, 1.54) is 5.69 Å². The van der Waals surface area contributed by atoms with Crippen molar-refractivity contribution >= 4 is 28.7 Å². The van der Waals surface area contributed by atoms with Crippen molar-refractivity contribution in [2.45, 2.75) is 20.4 Å². The molecule has 0 aliphatic carbocycles. The molecule has 0 bridgehead atoms. The Kier molecular flexibility index (Phi) is 5.55. The Morgan fingerprint density at radius 2 is 2.12 bits per heavy atom. The van der Waals surface area contributed by atoms with Crippen molar-refractivity contribution in [3.8, 4) is 0 Å². The number of thiazole rings is 1. The number of carbonyl (C=O) groups is 1. The molecular weight excluding hydrogens is 336 g/mol. The summed E-state index contributed by atoms with van der Waals surface area (Å²) in [5.74, 6) is 0. The highest BCUT2D eigenvalue weighted by molar-refractivity contribution is 7.09. The fourth-order valence-corrected chi connectivity index (χ4v) is 3.42. The molecule has 2 amide bonds. The molecule has 1 aromatic heterocycles. The number of nitrogens with zero attached hydrogens (tertiary/aromatic N) is 3. The third-order valence-electron chi connectivity index (χ3n) is 4.24. The predicted octanol–water partition coefficient (Wildman–Crippen LogP) is 3.26. The van der Waals surface area contributed by atoms with Gasteiger partial charge in [0.1, 0.15) is 0 Å². The van der Waals surface area contributed by atoms with Crippen LogP contribution >= 0.6 is 11.3 Å². The molecule has 0 saturated carbocycles. The van der Waals surface area contributed by atoms with Crippen LogP contribution in [0, 0.1) is 13.8 Å². The van der Waals surface area contributed by atoms with Gasteiger partial charge < -0.3 is 19.9 Å². The lowest BCUT2D eigenvalue weighted by molar-refractivity contribution is 0.122. The fraction of sp³-hybridized carbons (Fsp3) is 0.444. The number of rotatable bonds is 4. The van der Waals surface area contributed by atoms with Gasteiger partial charge in [-0.1, -0.05) is 0 Å². The number of hydrogen-bond acceptors (Lipinski definition) is 5. The van der Waals surface area contributed by atoms with Crippen LogP contribution in [0.3, 0.4) is 0 Å². The van der Waals surface area contributed by atoms with E-state index < -0.39 is 0 Å². The Morgan fingerprint density at radius 3 is 2.76 bits per heavy atom. The van der Waals surface area contributed by atoms with Crippen molar-refractivity contribution < 1.29 is 9.53 Å². The molecule has 2 aromatic rings. The molecule has 1 aliphatic heterocycles. The number of benzene rings is 1. The summed E-state index contributed by atoms with van der Waals surface area (Å²) in [6, 6.07) is 6.01. The van der Waals surface area contributed by atoms with E-state index >= 15 is 0 Å². The fourth-order valence-electron chi connectivity index (χ4n) is 2.81. The molecule has 1 N–H and O–H groups in total. The number of amides is 2. The average molecular weight is 360 g/mol. The first-order valence-electron chi connectivity index (χ1n) is 8.39. The summed E-state index contributed by atoms with van der Waals surface area (Å²) in [5, 5.41) is 5.99. The maximum absolute atomic E-state index is 12.4. The van der Waals surface area contributed by atoms with Gasteiger partial charge in [-0.3, -0.25) is 0 Å². The minimum Gasteiger partial charge on any atom is -0.378 e. The Balaban J connectivity index is 1.62. The van der Waals surface area contributed by atoms with E-state index in [1.54, 1.807) is 23.3 Å². The summed E-state index contributed by atoms with van der Waals surface area (Å²) in [6.45, 7) is 7.82. The monoisotopic (exact) mass is 360 g/mol. The van der Waals surface area contributed by atoms with Gasteiger partial charge in [-0.2, -0.15) is 0 Å². The number of morpholine rings is 1. The van der Waals surface area contributed by atoms with Crippen molar-refractivity contribution in [2.24, 2.45) is 0 Å². The van der Waals surface area contributed by atoms with Gasteiger partial charge in [-0.25, -0.2) is 9.78 Å². The lowest BCUT2D eigenvalue weighted by atomic mass is 10.1. The van der Waals surface area contributed by atoms with Crippen LogP contribution in [0.5, 0.6) is 0 Å². The van der Waals surface area contributed by atoms with Crippen LogP contribution in [0.2, 0.25) is 0 Å². The quantitative estimate of drug-likeness (QED) is 0.909. The van der Waals surface area contributed by atoms with E-state index in [4.69, 9.17) is 4.74 Å². The molecule has 7 heteroatoms. The van der Waals surface area contributed by atoms with E-state index in [1.807, 2.05) is 25.3 Å². The summed E-state index contributed by atoms with van der Waals surface area (Å²) in [6.07, 6.45) is 0. The summed E-state index contributed by atoms with van der Waals surface area (Å²) in [4.78, 5) is 20.8. The molecule has 1 saturated heterocycles. The van der Waals surface area contributed by atoms with Gasteiger partial charge in [0.15, 0.2) is 0 Å². The first-order valence-corrected chi connectivity index (χ1v) is 9.27. The zero-order valence-electron chi connectivity index (χ0n) is 14.9. The van der Waals surface area contributed by atoms with Crippen LogP contribution < -0.4 is 10.2 Å². The minimum atomic E-state index is -0.132. The van der Waals surface area contributed by atoms with E-state index in [9.17, 15) is 4.79 Å². The minimum absolute atomic E-state index is 0.132. The number of aryl methyl sites for hydroxylation is 2. The molecule has 25 heavy (non-hydrogen) atoms. The van der Waals surface area contributed by atoms with Gasteiger partial charge in [0, 0.05) is 36.9 Å². The maximum Gasteiger partial charge on any atom is 0.321 e. The van der Waals surface area contributed by atoms with Crippen LogP contribution in [-0.2, 0) is 11.3 Å². The van der Waals surface area contributed by atoms with Crippen molar-refractivity contribution in [3.63, 3.8) is 0 Å². The van der Waals surface area contributed by atoms with E-state index in [0.29, 0.717) is 6.54 Å². The lowest BCUT2D eigenvalue weighted by Gasteiger charge is -2.29. The second-order valence-electron chi connectivity index (χ2n) is 6.24. The van der Waals surface area contributed by atoms with Gasteiger partial charge in [0.05, 0.1) is 30.5 Å². The largest absolute Gasteiger partial charge is 0.378 e. The average Bonchev–Trinajstić information content (AvgIpc) is 3.02. The van der Waals surface area contributed by atoms with Crippen LogP contribution in [0.1, 0.15) is 16.3 Å². The van der Waals surface area contributed by atoms with E-state index in [2.05, 4.69) is 27.3 Å². The van der Waals surface area contributed by atoms with Crippen LogP contribution in [0.25, 0.3) is 0 Å². The molecule has 1 aliphatic rings. The van der Waals surface area contributed by atoms with Crippen LogP contribution in [0.15, 0.2) is 23.6 Å². The van der Waals surface area contributed by atoms with Gasteiger partial charge in [0.2, 0.25) is 0 Å². The smallest absolute Gasteiger partial charge is 0.321 e. The van der Waals surface area contributed by atoms with Crippen molar-refractivity contribution in [2.75, 3.05) is 43.6 Å². The van der Waals surface area contributed by atoms with Gasteiger partial charge in [-0.15, -0.1) is 11.3 Å². The van der Waals surface area contributed by atoms with Crippen molar-refractivity contribution in [3.05, 3.63) is 39.8 Å². The van der Waals surface area contributed by atoms with Crippen molar-refractivity contribution in [1.29, 1.82) is 0 Å². The zero-order chi connectivity index (χ0) is 17.8. The van der Waals surface area contributed by atoms with Gasteiger partial charge >= 0.3 is 6.03 Å². The number of hydrogen-bond donors (Lipinski definition) is 1. The van der Waals surface area contributed by atoms with Gasteiger partial charge in [0.25, 0.3) is 0 Å². The van der Waals surface area contributed by atoms with E-state index in [-0.39, 0.29) is 6.03 Å². The standard InChI is InChI=1S/C18H24N4O2S/c1-13-10-16(22-6-8-24-9-7-22)4-5-17(13)20-18(23)21(3)11-15-12-25-14(2)19-15/h4-5,10,12H,6-9,11H2,1-3H3,(H,20,23). The molecule has 6 nitrogen and oxygen atoms in total. The molecule has 1 aromatic carbocycles. The number of aromatic nitrogens is 1. The predicted molar refractivity (Wildman–Crippen MR) is 102 cm³/mol. The topological polar surface area (TPSA) is 57.7 Å². The molecule has 0 unspecified atom stereocenters. The maximum atomic E-state index is 12.4. The number of carbonyl (C=O) groups excluding carboxylic acids is 1. The summed E-state index contributed by atoms with van der Waals surface area (Å²) in [5.41, 5.74) is 3.98. The molecule has 3 rings (SSSR count). The summed E-state index contributed by atoms with van der Waals surface area (Å²) >= 11 is 1.60. The number of urea groups is 1. The summed E-state index contributed by atoms with van der Waals surface area (Å²) in [7, 11) is 1.78. The van der Waals surface area contributed by atoms with Crippen LogP contribution in [-0.4, -0.2) is 49.3 Å². The molecule has 0 spiro atoms. The number of ether oxygens (including phenoxy) is 1. The molecule has 1 fully saturated rings. The summed E-state index contributed by atoms with van der Waals surface area (Å²) < 4.78 is 5.40. The third kappa shape index (κ3) is 4.49. The highest BCUT2D eigenvalue weighted by Crippen LogP contribution is 2.24. The first-order chi connectivity index (χ1) is 12.0. The highest BCUT2D eigenvalue weighted by atomic mass is 32.1. The number of nitrogens with one attached hydrogen (secondary N) is 1. The Morgan fingerprint density at radius 1 is 1.36 bits per heavy atom. The molecule has 0 atom stereocenters. The molecular formula is C18H24N4O2S. The Labute approximate surface area is 152 Å². The molecule has 2 heterocycles. The molecule has 134 valence electrons. The lowest BCUT2D eigenvalue weighted by Crippen LogP contribution is -2.36. The van der Waals surface area contributed by atoms with E-state index in [0.717, 1.165) is 48.3 Å². The third-order valence-corrected chi connectivity index (χ3v) is 5.06. The first kappa shape index (κ1) is 17.7. The normalized spacial score (nSPS) is 14.4. The molecule has 0 radical (unpaired) electrons. The van der Waals surface area contributed by atoms with Gasteiger partial charge in [-0.05, 0) is 37.6 Å². The highest BCUT2D eigenvalue weighted by Gasteiger charge is 2.15. The van der Waals surface area contributed by atoms with Crippen LogP contribution in [0.4, 0.5) is 16.2 Å². The Bertz CT molecular complexity index is 740. The number of anilines is 2.